The summed E-state index contributed by atoms with van der Waals surface area (Å²) in [5, 5.41) is 4.22. The summed E-state index contributed by atoms with van der Waals surface area (Å²) in [7, 11) is 0. The summed E-state index contributed by atoms with van der Waals surface area (Å²) in [6, 6.07) is 6.79. The maximum absolute atomic E-state index is 13.1. The number of halogens is 1. The van der Waals surface area contributed by atoms with Crippen molar-refractivity contribution >= 4 is 16.7 Å². The fraction of sp³-hybridized carbons (Fsp3) is 0.308. The van der Waals surface area contributed by atoms with Gasteiger partial charge in [0.2, 0.25) is 0 Å². The van der Waals surface area contributed by atoms with Gasteiger partial charge in [-0.15, -0.1) is 0 Å². The van der Waals surface area contributed by atoms with Gasteiger partial charge in [0.1, 0.15) is 11.6 Å². The first-order valence-electron chi connectivity index (χ1n) is 5.66. The molecule has 0 radical (unpaired) electrons. The summed E-state index contributed by atoms with van der Waals surface area (Å²) in [6.45, 7) is 0.979. The van der Waals surface area contributed by atoms with E-state index in [2.05, 4.69) is 16.4 Å². The molecule has 0 saturated carbocycles. The lowest BCUT2D eigenvalue weighted by molar-refractivity contribution is 0.629. The van der Waals surface area contributed by atoms with Crippen LogP contribution in [-0.4, -0.2) is 11.5 Å². The van der Waals surface area contributed by atoms with E-state index in [0.29, 0.717) is 0 Å². The molecule has 0 fully saturated rings. The third-order valence-corrected chi connectivity index (χ3v) is 3.02. The van der Waals surface area contributed by atoms with Gasteiger partial charge in [-0.2, -0.15) is 0 Å². The second kappa shape index (κ2) is 3.74. The van der Waals surface area contributed by atoms with Crippen LogP contribution in [0.1, 0.15) is 18.4 Å². The van der Waals surface area contributed by atoms with Crippen molar-refractivity contribution < 1.29 is 4.39 Å². The van der Waals surface area contributed by atoms with E-state index in [1.54, 1.807) is 12.1 Å². The Morgan fingerprint density at radius 2 is 2.12 bits per heavy atom. The Morgan fingerprint density at radius 1 is 1.19 bits per heavy atom. The minimum atomic E-state index is -0.198. The zero-order valence-electron chi connectivity index (χ0n) is 8.96. The zero-order valence-corrected chi connectivity index (χ0v) is 8.96. The van der Waals surface area contributed by atoms with Gasteiger partial charge in [-0.3, -0.25) is 0 Å². The van der Waals surface area contributed by atoms with Gasteiger partial charge >= 0.3 is 0 Å². The van der Waals surface area contributed by atoms with Crippen molar-refractivity contribution in [3.8, 4) is 0 Å². The lowest BCUT2D eigenvalue weighted by Crippen LogP contribution is -2.02. The molecule has 1 aliphatic heterocycles. The molecule has 0 unspecified atom stereocenters. The van der Waals surface area contributed by atoms with Crippen LogP contribution in [0.25, 0.3) is 10.9 Å². The molecular formula is C13H13FN2. The van der Waals surface area contributed by atoms with Crippen LogP contribution < -0.4 is 5.32 Å². The third kappa shape index (κ3) is 1.62. The second-order valence-electron chi connectivity index (χ2n) is 4.22. The number of hydrogen-bond donors (Lipinski definition) is 1. The Morgan fingerprint density at radius 3 is 3.06 bits per heavy atom. The van der Waals surface area contributed by atoms with E-state index in [-0.39, 0.29) is 5.82 Å². The smallest absolute Gasteiger partial charge is 0.129 e. The topological polar surface area (TPSA) is 24.9 Å². The van der Waals surface area contributed by atoms with Crippen molar-refractivity contribution in [1.82, 2.24) is 4.98 Å². The third-order valence-electron chi connectivity index (χ3n) is 3.02. The molecule has 3 heteroatoms. The molecule has 0 aliphatic carbocycles. The maximum Gasteiger partial charge on any atom is 0.129 e. The summed E-state index contributed by atoms with van der Waals surface area (Å²) in [6.07, 6.45) is 3.37. The Labute approximate surface area is 93.5 Å². The average molecular weight is 216 g/mol. The van der Waals surface area contributed by atoms with Crippen molar-refractivity contribution in [2.75, 3.05) is 11.9 Å². The molecular weight excluding hydrogens is 203 g/mol. The molecule has 0 bridgehead atoms. The van der Waals surface area contributed by atoms with Crippen LogP contribution in [0.15, 0.2) is 24.3 Å². The highest BCUT2D eigenvalue weighted by atomic mass is 19.1. The Hall–Kier alpha value is -1.64. The number of aromatic nitrogens is 1. The molecule has 82 valence electrons. The molecule has 0 atom stereocenters. The molecule has 2 aromatic rings. The van der Waals surface area contributed by atoms with Crippen LogP contribution >= 0.6 is 0 Å². The lowest BCUT2D eigenvalue weighted by Gasteiger charge is -2.08. The maximum atomic E-state index is 13.1. The molecule has 0 spiro atoms. The van der Waals surface area contributed by atoms with Gasteiger partial charge < -0.3 is 5.32 Å². The van der Waals surface area contributed by atoms with Gasteiger partial charge in [0.25, 0.3) is 0 Å². The van der Waals surface area contributed by atoms with Crippen LogP contribution in [0, 0.1) is 5.82 Å². The van der Waals surface area contributed by atoms with E-state index in [9.17, 15) is 4.39 Å². The average Bonchev–Trinajstić information content (AvgIpc) is 2.50. The number of aryl methyl sites for hydroxylation is 1. The summed E-state index contributed by atoms with van der Waals surface area (Å²) in [5.41, 5.74) is 2.06. The van der Waals surface area contributed by atoms with Crippen LogP contribution in [0.2, 0.25) is 0 Å². The number of nitrogens with zero attached hydrogens (tertiary/aromatic N) is 1. The first-order valence-corrected chi connectivity index (χ1v) is 5.66. The molecule has 1 aliphatic rings. The van der Waals surface area contributed by atoms with Crippen LogP contribution in [0.5, 0.6) is 0 Å². The quantitative estimate of drug-likeness (QED) is 0.731. The number of anilines is 1. The lowest BCUT2D eigenvalue weighted by atomic mass is 10.1. The van der Waals surface area contributed by atoms with Gasteiger partial charge in [0.15, 0.2) is 0 Å². The van der Waals surface area contributed by atoms with Crippen molar-refractivity contribution in [2.45, 2.75) is 19.3 Å². The van der Waals surface area contributed by atoms with Crippen molar-refractivity contribution in [2.24, 2.45) is 0 Å². The summed E-state index contributed by atoms with van der Waals surface area (Å²) in [4.78, 5) is 4.54. The molecule has 1 N–H and O–H groups in total. The summed E-state index contributed by atoms with van der Waals surface area (Å²) < 4.78 is 13.1. The van der Waals surface area contributed by atoms with Crippen LogP contribution in [0.4, 0.5) is 10.2 Å². The number of rotatable bonds is 0. The van der Waals surface area contributed by atoms with E-state index in [0.717, 1.165) is 29.7 Å². The molecule has 16 heavy (non-hydrogen) atoms. The summed E-state index contributed by atoms with van der Waals surface area (Å²) >= 11 is 0. The molecule has 2 nitrogen and oxygen atoms in total. The fourth-order valence-corrected chi connectivity index (χ4v) is 2.18. The monoisotopic (exact) mass is 216 g/mol. The normalized spacial score (nSPS) is 15.3. The minimum Gasteiger partial charge on any atom is -0.370 e. The molecule has 1 aromatic heterocycles. The number of nitrogens with one attached hydrogen (secondary N) is 1. The minimum absolute atomic E-state index is 0.198. The highest BCUT2D eigenvalue weighted by molar-refractivity contribution is 5.81. The Bertz CT molecular complexity index is 537. The SMILES string of the molecule is Fc1ccc2nc3c(cc2c1)CCCCN3. The molecule has 0 saturated heterocycles. The molecule has 0 amide bonds. The highest BCUT2D eigenvalue weighted by Crippen LogP contribution is 2.24. The number of fused-ring (bicyclic) bond motifs is 2. The van der Waals surface area contributed by atoms with Crippen LogP contribution in [-0.2, 0) is 6.42 Å². The number of hydrogen-bond acceptors (Lipinski definition) is 2. The van der Waals surface area contributed by atoms with Gasteiger partial charge in [-0.25, -0.2) is 9.37 Å². The van der Waals surface area contributed by atoms with E-state index >= 15 is 0 Å². The van der Waals surface area contributed by atoms with E-state index in [4.69, 9.17) is 0 Å². The summed E-state index contributed by atoms with van der Waals surface area (Å²) in [5.74, 6) is 0.771. The van der Waals surface area contributed by atoms with Crippen LogP contribution in [0.3, 0.4) is 0 Å². The molecule has 3 rings (SSSR count). The van der Waals surface area contributed by atoms with Crippen molar-refractivity contribution in [3.05, 3.63) is 35.6 Å². The Balaban J connectivity index is 2.20. The zero-order chi connectivity index (χ0) is 11.0. The predicted molar refractivity (Wildman–Crippen MR) is 63.1 cm³/mol. The number of pyridine rings is 1. The first-order chi connectivity index (χ1) is 7.83. The van der Waals surface area contributed by atoms with Gasteiger partial charge in [-0.1, -0.05) is 0 Å². The van der Waals surface area contributed by atoms with Gasteiger partial charge in [-0.05, 0) is 49.1 Å². The fourth-order valence-electron chi connectivity index (χ4n) is 2.18. The predicted octanol–water partition coefficient (Wildman–Crippen LogP) is 3.12. The van der Waals surface area contributed by atoms with Crippen molar-refractivity contribution in [1.29, 1.82) is 0 Å². The van der Waals surface area contributed by atoms with Gasteiger partial charge in [0, 0.05) is 11.9 Å². The molecule has 1 aromatic carbocycles. The van der Waals surface area contributed by atoms with Gasteiger partial charge in [0.05, 0.1) is 5.52 Å². The highest BCUT2D eigenvalue weighted by Gasteiger charge is 2.10. The van der Waals surface area contributed by atoms with E-state index in [1.807, 2.05) is 0 Å². The van der Waals surface area contributed by atoms with Crippen molar-refractivity contribution in [3.63, 3.8) is 0 Å². The second-order valence-corrected chi connectivity index (χ2v) is 4.22. The van der Waals surface area contributed by atoms with E-state index < -0.39 is 0 Å². The van der Waals surface area contributed by atoms with E-state index in [1.165, 1.54) is 24.5 Å². The molecule has 2 heterocycles. The standard InChI is InChI=1S/C13H13FN2/c14-11-4-5-12-10(8-11)7-9-3-1-2-6-15-13(9)16-12/h4-5,7-8H,1-3,6H2,(H,15,16). The first kappa shape index (κ1) is 9.58. The number of benzene rings is 1. The Kier molecular flexibility index (Phi) is 2.24. The largest absolute Gasteiger partial charge is 0.370 e.